The maximum absolute atomic E-state index is 12.7. The number of methoxy groups -OCH3 is 1. The Bertz CT molecular complexity index is 428. The molecular formula is C13H16FNO3. The Hall–Kier alpha value is -1.91. The zero-order chi connectivity index (χ0) is 13.7. The lowest BCUT2D eigenvalue weighted by molar-refractivity contribution is -0.144. The van der Waals surface area contributed by atoms with Gasteiger partial charge in [0.25, 0.3) is 5.91 Å². The van der Waals surface area contributed by atoms with Gasteiger partial charge in [-0.15, -0.1) is 0 Å². The predicted octanol–water partition coefficient (Wildman–Crippen LogP) is 1.75. The number of esters is 1. The van der Waals surface area contributed by atoms with Crippen LogP contribution in [0.2, 0.25) is 0 Å². The van der Waals surface area contributed by atoms with Gasteiger partial charge in [0.2, 0.25) is 0 Å². The van der Waals surface area contributed by atoms with Gasteiger partial charge in [-0.25, -0.2) is 9.18 Å². The lowest BCUT2D eigenvalue weighted by atomic mass is 10.0. The van der Waals surface area contributed by atoms with Crippen molar-refractivity contribution in [1.82, 2.24) is 5.32 Å². The van der Waals surface area contributed by atoms with Crippen LogP contribution < -0.4 is 5.32 Å². The fourth-order valence-electron chi connectivity index (χ4n) is 1.45. The van der Waals surface area contributed by atoms with Crippen LogP contribution in [-0.2, 0) is 9.53 Å². The molecule has 0 aromatic heterocycles. The first-order valence-corrected chi connectivity index (χ1v) is 5.60. The van der Waals surface area contributed by atoms with Crippen LogP contribution in [0.1, 0.15) is 24.2 Å². The number of nitrogens with one attached hydrogen (secondary N) is 1. The van der Waals surface area contributed by atoms with Crippen LogP contribution in [-0.4, -0.2) is 25.0 Å². The molecule has 0 aliphatic rings. The summed E-state index contributed by atoms with van der Waals surface area (Å²) in [5.74, 6) is -1.44. The monoisotopic (exact) mass is 253 g/mol. The minimum absolute atomic E-state index is 0.0955. The summed E-state index contributed by atoms with van der Waals surface area (Å²) in [4.78, 5) is 23.3. The van der Waals surface area contributed by atoms with Gasteiger partial charge in [-0.2, -0.15) is 0 Å². The van der Waals surface area contributed by atoms with E-state index in [0.717, 1.165) is 0 Å². The Morgan fingerprint density at radius 1 is 1.22 bits per heavy atom. The molecule has 0 radical (unpaired) electrons. The number of benzene rings is 1. The standard InChI is InChI=1S/C13H16FNO3/c1-8(2)11(13(17)18-3)15-12(16)9-4-6-10(14)7-5-9/h4-8,11H,1-3H3,(H,15,16). The summed E-state index contributed by atoms with van der Waals surface area (Å²) in [6.07, 6.45) is 0. The second-order valence-corrected chi connectivity index (χ2v) is 4.23. The highest BCUT2D eigenvalue weighted by Gasteiger charge is 2.25. The van der Waals surface area contributed by atoms with E-state index >= 15 is 0 Å². The van der Waals surface area contributed by atoms with Gasteiger partial charge >= 0.3 is 5.97 Å². The Kier molecular flexibility index (Phi) is 4.83. The van der Waals surface area contributed by atoms with Gasteiger partial charge in [-0.05, 0) is 30.2 Å². The van der Waals surface area contributed by atoms with Crippen LogP contribution >= 0.6 is 0 Å². The second kappa shape index (κ2) is 6.14. The van der Waals surface area contributed by atoms with Crippen molar-refractivity contribution < 1.29 is 18.7 Å². The number of hydrogen-bond acceptors (Lipinski definition) is 3. The zero-order valence-electron chi connectivity index (χ0n) is 10.6. The summed E-state index contributed by atoms with van der Waals surface area (Å²) in [5, 5.41) is 2.57. The van der Waals surface area contributed by atoms with E-state index in [4.69, 9.17) is 0 Å². The van der Waals surface area contributed by atoms with Gasteiger partial charge in [0.05, 0.1) is 7.11 Å². The Morgan fingerprint density at radius 3 is 2.22 bits per heavy atom. The van der Waals surface area contributed by atoms with Gasteiger partial charge in [0.15, 0.2) is 0 Å². The molecule has 0 spiro atoms. The van der Waals surface area contributed by atoms with Gasteiger partial charge in [0.1, 0.15) is 11.9 Å². The Balaban J connectivity index is 2.78. The average Bonchev–Trinajstić information content (AvgIpc) is 2.35. The number of carbonyl (C=O) groups is 2. The topological polar surface area (TPSA) is 55.4 Å². The van der Waals surface area contributed by atoms with Crippen molar-refractivity contribution in [2.24, 2.45) is 5.92 Å². The SMILES string of the molecule is COC(=O)C(NC(=O)c1ccc(F)cc1)C(C)C. The highest BCUT2D eigenvalue weighted by molar-refractivity contribution is 5.96. The van der Waals surface area contributed by atoms with Crippen molar-refractivity contribution in [3.63, 3.8) is 0 Å². The average molecular weight is 253 g/mol. The number of amides is 1. The van der Waals surface area contributed by atoms with Crippen LogP contribution in [0.3, 0.4) is 0 Å². The minimum atomic E-state index is -0.715. The number of halogens is 1. The van der Waals surface area contributed by atoms with E-state index < -0.39 is 23.7 Å². The van der Waals surface area contributed by atoms with E-state index in [2.05, 4.69) is 10.1 Å². The maximum atomic E-state index is 12.7. The zero-order valence-corrected chi connectivity index (χ0v) is 10.6. The third-order valence-electron chi connectivity index (χ3n) is 2.51. The second-order valence-electron chi connectivity index (χ2n) is 4.23. The predicted molar refractivity (Wildman–Crippen MR) is 64.5 cm³/mol. The quantitative estimate of drug-likeness (QED) is 0.832. The lowest BCUT2D eigenvalue weighted by Gasteiger charge is -2.19. The summed E-state index contributed by atoms with van der Waals surface area (Å²) >= 11 is 0. The molecule has 1 aromatic rings. The van der Waals surface area contributed by atoms with Gasteiger partial charge in [0, 0.05) is 5.56 Å². The number of ether oxygens (including phenoxy) is 1. The maximum Gasteiger partial charge on any atom is 0.328 e. The molecule has 5 heteroatoms. The van der Waals surface area contributed by atoms with Gasteiger partial charge < -0.3 is 10.1 Å². The molecule has 1 amide bonds. The van der Waals surface area contributed by atoms with E-state index in [-0.39, 0.29) is 5.92 Å². The molecule has 0 heterocycles. The smallest absolute Gasteiger partial charge is 0.328 e. The molecule has 1 atom stereocenters. The molecule has 0 fully saturated rings. The minimum Gasteiger partial charge on any atom is -0.467 e. The van der Waals surface area contributed by atoms with Crippen molar-refractivity contribution >= 4 is 11.9 Å². The van der Waals surface area contributed by atoms with E-state index in [1.54, 1.807) is 13.8 Å². The van der Waals surface area contributed by atoms with Crippen LogP contribution in [0.15, 0.2) is 24.3 Å². The van der Waals surface area contributed by atoms with Crippen molar-refractivity contribution in [2.75, 3.05) is 7.11 Å². The molecule has 0 saturated carbocycles. The molecule has 98 valence electrons. The van der Waals surface area contributed by atoms with E-state index in [0.29, 0.717) is 5.56 Å². The first-order chi connectivity index (χ1) is 8.45. The number of hydrogen-bond donors (Lipinski definition) is 1. The van der Waals surface area contributed by atoms with E-state index in [9.17, 15) is 14.0 Å². The molecule has 1 N–H and O–H groups in total. The van der Waals surface area contributed by atoms with Crippen molar-refractivity contribution in [1.29, 1.82) is 0 Å². The highest BCUT2D eigenvalue weighted by atomic mass is 19.1. The van der Waals surface area contributed by atoms with Gasteiger partial charge in [-0.3, -0.25) is 4.79 Å². The Morgan fingerprint density at radius 2 is 1.78 bits per heavy atom. The molecule has 18 heavy (non-hydrogen) atoms. The molecule has 1 aromatic carbocycles. The third-order valence-corrected chi connectivity index (χ3v) is 2.51. The van der Waals surface area contributed by atoms with Crippen LogP contribution in [0.5, 0.6) is 0 Å². The van der Waals surface area contributed by atoms with E-state index in [1.165, 1.54) is 31.4 Å². The molecule has 0 saturated heterocycles. The number of carbonyl (C=O) groups excluding carboxylic acids is 2. The summed E-state index contributed by atoms with van der Waals surface area (Å²) in [6, 6.07) is 4.39. The van der Waals surface area contributed by atoms with Crippen molar-refractivity contribution in [2.45, 2.75) is 19.9 Å². The van der Waals surface area contributed by atoms with Gasteiger partial charge in [-0.1, -0.05) is 13.8 Å². The van der Waals surface area contributed by atoms with E-state index in [1.807, 2.05) is 0 Å². The van der Waals surface area contributed by atoms with Crippen LogP contribution in [0.4, 0.5) is 4.39 Å². The molecule has 1 rings (SSSR count). The normalized spacial score (nSPS) is 12.1. The Labute approximate surface area is 105 Å². The van der Waals surface area contributed by atoms with Crippen LogP contribution in [0, 0.1) is 11.7 Å². The molecular weight excluding hydrogens is 237 g/mol. The van der Waals surface area contributed by atoms with Crippen molar-refractivity contribution in [3.05, 3.63) is 35.6 Å². The summed E-state index contributed by atoms with van der Waals surface area (Å²) in [6.45, 7) is 3.60. The number of rotatable bonds is 4. The molecule has 0 bridgehead atoms. The fraction of sp³-hybridized carbons (Fsp3) is 0.385. The largest absolute Gasteiger partial charge is 0.467 e. The molecule has 4 nitrogen and oxygen atoms in total. The molecule has 0 aliphatic heterocycles. The molecule has 0 aliphatic carbocycles. The van der Waals surface area contributed by atoms with Crippen molar-refractivity contribution in [3.8, 4) is 0 Å². The first-order valence-electron chi connectivity index (χ1n) is 5.60. The summed E-state index contributed by atoms with van der Waals surface area (Å²) < 4.78 is 17.3. The molecule has 1 unspecified atom stereocenters. The lowest BCUT2D eigenvalue weighted by Crippen LogP contribution is -2.45. The third kappa shape index (κ3) is 3.55. The summed E-state index contributed by atoms with van der Waals surface area (Å²) in [5.41, 5.74) is 0.297. The summed E-state index contributed by atoms with van der Waals surface area (Å²) in [7, 11) is 1.27. The van der Waals surface area contributed by atoms with Crippen LogP contribution in [0.25, 0.3) is 0 Å². The first kappa shape index (κ1) is 14.2. The fourth-order valence-corrected chi connectivity index (χ4v) is 1.45. The highest BCUT2D eigenvalue weighted by Crippen LogP contribution is 2.07.